The number of fused-ring (bicyclic) bond motifs is 1. The van der Waals surface area contributed by atoms with E-state index in [1.165, 1.54) is 10.9 Å². The van der Waals surface area contributed by atoms with Crippen molar-refractivity contribution in [2.45, 2.75) is 18.8 Å². The summed E-state index contributed by atoms with van der Waals surface area (Å²) in [6.07, 6.45) is 5.77. The molecule has 5 rings (SSSR count). The smallest absolute Gasteiger partial charge is 0.257 e. The number of hydrogen-bond donors (Lipinski definition) is 1. The Labute approximate surface area is 182 Å². The topological polar surface area (TPSA) is 70.7 Å². The maximum Gasteiger partial charge on any atom is 0.257 e. The van der Waals surface area contributed by atoms with E-state index in [0.29, 0.717) is 24.7 Å². The summed E-state index contributed by atoms with van der Waals surface area (Å²) in [5.74, 6) is 2.15. The molecule has 1 N–H and O–H groups in total. The lowest BCUT2D eigenvalue weighted by molar-refractivity contribution is 0.0712. The van der Waals surface area contributed by atoms with E-state index in [1.807, 2.05) is 23.1 Å². The van der Waals surface area contributed by atoms with Crippen molar-refractivity contribution in [3.63, 3.8) is 0 Å². The van der Waals surface area contributed by atoms with Crippen molar-refractivity contribution in [3.05, 3.63) is 53.9 Å². The zero-order valence-electron chi connectivity index (χ0n) is 17.8. The molecule has 31 heavy (non-hydrogen) atoms. The summed E-state index contributed by atoms with van der Waals surface area (Å²) in [5.41, 5.74) is 3.14. The summed E-state index contributed by atoms with van der Waals surface area (Å²) >= 11 is 0. The van der Waals surface area contributed by atoms with Crippen LogP contribution in [0.2, 0.25) is 0 Å². The lowest BCUT2D eigenvalue weighted by Gasteiger charge is -2.34. The minimum Gasteiger partial charge on any atom is -0.497 e. The molecule has 0 aliphatic carbocycles. The van der Waals surface area contributed by atoms with Crippen LogP contribution < -0.4 is 9.64 Å². The standard InChI is InChI=1S/C24H28N4O3/c1-30-18-4-5-22-20(15-18)21(16-26-22)17-6-9-28(10-7-17)24(29)19-3-2-8-25-23(19)27-11-13-31-14-12-27/h2-5,8,15-17,26H,6-7,9-14H2,1H3. The zero-order chi connectivity index (χ0) is 21.2. The number of anilines is 1. The first-order chi connectivity index (χ1) is 15.2. The molecule has 1 amide bonds. The molecule has 3 aromatic rings. The first-order valence-corrected chi connectivity index (χ1v) is 11.0. The number of benzene rings is 1. The summed E-state index contributed by atoms with van der Waals surface area (Å²) in [7, 11) is 1.70. The van der Waals surface area contributed by atoms with Gasteiger partial charge in [0.25, 0.3) is 5.91 Å². The van der Waals surface area contributed by atoms with E-state index in [9.17, 15) is 4.79 Å². The van der Waals surface area contributed by atoms with Gasteiger partial charge in [-0.15, -0.1) is 0 Å². The van der Waals surface area contributed by atoms with Crippen molar-refractivity contribution >= 4 is 22.6 Å². The summed E-state index contributed by atoms with van der Waals surface area (Å²) in [6.45, 7) is 4.37. The molecular formula is C24H28N4O3. The molecule has 0 unspecified atom stereocenters. The monoisotopic (exact) mass is 420 g/mol. The number of aromatic nitrogens is 2. The van der Waals surface area contributed by atoms with Crippen molar-refractivity contribution in [1.82, 2.24) is 14.9 Å². The molecule has 0 spiro atoms. The molecule has 0 radical (unpaired) electrons. The molecule has 2 fully saturated rings. The number of hydrogen-bond acceptors (Lipinski definition) is 5. The van der Waals surface area contributed by atoms with Crippen molar-refractivity contribution in [2.75, 3.05) is 51.4 Å². The van der Waals surface area contributed by atoms with Crippen LogP contribution in [0.1, 0.15) is 34.7 Å². The normalized spacial score (nSPS) is 17.8. The van der Waals surface area contributed by atoms with Gasteiger partial charge in [0.15, 0.2) is 0 Å². The van der Waals surface area contributed by atoms with Crippen molar-refractivity contribution in [3.8, 4) is 5.75 Å². The highest BCUT2D eigenvalue weighted by Crippen LogP contribution is 2.35. The van der Waals surface area contributed by atoms with Gasteiger partial charge in [0.1, 0.15) is 11.6 Å². The van der Waals surface area contributed by atoms with Crippen LogP contribution in [0.4, 0.5) is 5.82 Å². The second-order valence-electron chi connectivity index (χ2n) is 8.20. The predicted octanol–water partition coefficient (Wildman–Crippen LogP) is 3.43. The van der Waals surface area contributed by atoms with E-state index in [0.717, 1.165) is 56.1 Å². The average Bonchev–Trinajstić information content (AvgIpc) is 3.27. The van der Waals surface area contributed by atoms with Crippen LogP contribution in [0.15, 0.2) is 42.7 Å². The summed E-state index contributed by atoms with van der Waals surface area (Å²) in [6, 6.07) is 9.89. The SMILES string of the molecule is COc1ccc2[nH]cc(C3CCN(C(=O)c4cccnc4N4CCOCC4)CC3)c2c1. The Hall–Kier alpha value is -3.06. The van der Waals surface area contributed by atoms with Gasteiger partial charge < -0.3 is 24.3 Å². The molecule has 1 aromatic carbocycles. The van der Waals surface area contributed by atoms with Gasteiger partial charge in [-0.1, -0.05) is 0 Å². The van der Waals surface area contributed by atoms with Crippen LogP contribution >= 0.6 is 0 Å². The van der Waals surface area contributed by atoms with Gasteiger partial charge in [0, 0.05) is 49.5 Å². The number of carbonyl (C=O) groups excluding carboxylic acids is 1. The van der Waals surface area contributed by atoms with Crippen LogP contribution in [0.25, 0.3) is 10.9 Å². The maximum atomic E-state index is 13.4. The van der Waals surface area contributed by atoms with Crippen LogP contribution in [0.3, 0.4) is 0 Å². The van der Waals surface area contributed by atoms with Crippen LogP contribution in [0.5, 0.6) is 5.75 Å². The fourth-order valence-electron chi connectivity index (χ4n) is 4.74. The maximum absolute atomic E-state index is 13.4. The van der Waals surface area contributed by atoms with E-state index in [1.54, 1.807) is 13.3 Å². The molecule has 2 aliphatic heterocycles. The third-order valence-electron chi connectivity index (χ3n) is 6.47. The van der Waals surface area contributed by atoms with E-state index in [-0.39, 0.29) is 5.91 Å². The molecule has 0 saturated carbocycles. The Morgan fingerprint density at radius 3 is 2.74 bits per heavy atom. The third-order valence-corrected chi connectivity index (χ3v) is 6.47. The Morgan fingerprint density at radius 1 is 1.16 bits per heavy atom. The number of carbonyl (C=O) groups is 1. The van der Waals surface area contributed by atoms with Crippen LogP contribution in [-0.4, -0.2) is 67.3 Å². The van der Waals surface area contributed by atoms with Crippen LogP contribution in [0, 0.1) is 0 Å². The second-order valence-corrected chi connectivity index (χ2v) is 8.20. The van der Waals surface area contributed by atoms with Crippen molar-refractivity contribution in [1.29, 1.82) is 0 Å². The van der Waals surface area contributed by atoms with E-state index in [2.05, 4.69) is 33.2 Å². The highest BCUT2D eigenvalue weighted by atomic mass is 16.5. The van der Waals surface area contributed by atoms with Gasteiger partial charge in [-0.2, -0.15) is 0 Å². The number of rotatable bonds is 4. The third kappa shape index (κ3) is 3.85. The van der Waals surface area contributed by atoms with Crippen molar-refractivity contribution in [2.24, 2.45) is 0 Å². The van der Waals surface area contributed by atoms with Gasteiger partial charge in [-0.3, -0.25) is 4.79 Å². The molecule has 0 bridgehead atoms. The number of nitrogens with zero attached hydrogens (tertiary/aromatic N) is 3. The molecule has 0 atom stereocenters. The second kappa shape index (κ2) is 8.59. The van der Waals surface area contributed by atoms with Gasteiger partial charge in [-0.25, -0.2) is 4.98 Å². The fourth-order valence-corrected chi connectivity index (χ4v) is 4.74. The number of aromatic amines is 1. The Kier molecular flexibility index (Phi) is 5.51. The molecular weight excluding hydrogens is 392 g/mol. The Morgan fingerprint density at radius 2 is 1.97 bits per heavy atom. The Bertz CT molecular complexity index is 1070. The molecule has 2 saturated heterocycles. The number of likely N-dealkylation sites (tertiary alicyclic amines) is 1. The largest absolute Gasteiger partial charge is 0.497 e. The van der Waals surface area contributed by atoms with Gasteiger partial charge in [0.05, 0.1) is 25.9 Å². The number of piperidine rings is 1. The number of methoxy groups -OCH3 is 1. The highest BCUT2D eigenvalue weighted by Gasteiger charge is 2.29. The number of ether oxygens (including phenoxy) is 2. The van der Waals surface area contributed by atoms with Gasteiger partial charge in [-0.05, 0) is 54.7 Å². The fraction of sp³-hybridized carbons (Fsp3) is 0.417. The lowest BCUT2D eigenvalue weighted by atomic mass is 9.89. The lowest BCUT2D eigenvalue weighted by Crippen LogP contribution is -2.41. The molecule has 2 aromatic heterocycles. The minimum absolute atomic E-state index is 0.0774. The molecule has 7 nitrogen and oxygen atoms in total. The van der Waals surface area contributed by atoms with E-state index >= 15 is 0 Å². The number of H-pyrrole nitrogens is 1. The minimum atomic E-state index is 0.0774. The van der Waals surface area contributed by atoms with E-state index < -0.39 is 0 Å². The first kappa shape index (κ1) is 19.9. The summed E-state index contributed by atoms with van der Waals surface area (Å²) < 4.78 is 10.9. The van der Waals surface area contributed by atoms with E-state index in [4.69, 9.17) is 9.47 Å². The number of amides is 1. The predicted molar refractivity (Wildman–Crippen MR) is 120 cm³/mol. The first-order valence-electron chi connectivity index (χ1n) is 11.0. The number of morpholine rings is 1. The number of pyridine rings is 1. The highest BCUT2D eigenvalue weighted by molar-refractivity contribution is 5.99. The quantitative estimate of drug-likeness (QED) is 0.700. The van der Waals surface area contributed by atoms with Crippen LogP contribution in [-0.2, 0) is 4.74 Å². The van der Waals surface area contributed by atoms with Gasteiger partial charge in [0.2, 0.25) is 0 Å². The molecule has 162 valence electrons. The molecule has 7 heteroatoms. The average molecular weight is 421 g/mol. The zero-order valence-corrected chi connectivity index (χ0v) is 17.8. The molecule has 4 heterocycles. The number of nitrogens with one attached hydrogen (secondary N) is 1. The summed E-state index contributed by atoms with van der Waals surface area (Å²) in [5, 5.41) is 1.21. The van der Waals surface area contributed by atoms with Gasteiger partial charge >= 0.3 is 0 Å². The van der Waals surface area contributed by atoms with Crippen molar-refractivity contribution < 1.29 is 14.3 Å². The molecule has 2 aliphatic rings. The Balaban J connectivity index is 1.31. The summed E-state index contributed by atoms with van der Waals surface area (Å²) in [4.78, 5) is 25.4.